The van der Waals surface area contributed by atoms with E-state index in [1.807, 2.05) is 49.4 Å². The fourth-order valence-corrected chi connectivity index (χ4v) is 4.77. The summed E-state index contributed by atoms with van der Waals surface area (Å²) in [5, 5.41) is 10.0. The third-order valence-corrected chi connectivity index (χ3v) is 6.62. The zero-order valence-corrected chi connectivity index (χ0v) is 17.8. The lowest BCUT2D eigenvalue weighted by molar-refractivity contribution is -0.121. The van der Waals surface area contributed by atoms with Crippen LogP contribution in [-0.2, 0) is 24.2 Å². The highest BCUT2D eigenvalue weighted by Gasteiger charge is 2.25. The molecule has 0 unspecified atom stereocenters. The highest BCUT2D eigenvalue weighted by Crippen LogP contribution is 2.30. The van der Waals surface area contributed by atoms with Crippen molar-refractivity contribution in [2.75, 3.05) is 0 Å². The van der Waals surface area contributed by atoms with Crippen LogP contribution >= 0.6 is 11.8 Å². The van der Waals surface area contributed by atoms with Crippen LogP contribution in [0, 0.1) is 0 Å². The molecular formula is C23H26N4O2S. The Balaban J connectivity index is 1.40. The van der Waals surface area contributed by atoms with Crippen LogP contribution in [0.1, 0.15) is 42.5 Å². The number of rotatable bonds is 7. The summed E-state index contributed by atoms with van der Waals surface area (Å²) in [6.45, 7) is 2.38. The first-order valence-electron chi connectivity index (χ1n) is 10.4. The Morgan fingerprint density at radius 3 is 2.83 bits per heavy atom. The van der Waals surface area contributed by atoms with Gasteiger partial charge in [0.15, 0.2) is 5.16 Å². The first-order chi connectivity index (χ1) is 14.6. The minimum absolute atomic E-state index is 0.0354. The molecule has 1 aromatic heterocycles. The number of benzene rings is 2. The third-order valence-electron chi connectivity index (χ3n) is 5.53. The van der Waals surface area contributed by atoms with Gasteiger partial charge >= 0.3 is 5.69 Å². The zero-order chi connectivity index (χ0) is 20.9. The molecule has 4 rings (SSSR count). The average Bonchev–Trinajstić information content (AvgIpc) is 3.12. The summed E-state index contributed by atoms with van der Waals surface area (Å²) in [6.07, 6.45) is 3.81. The summed E-state index contributed by atoms with van der Waals surface area (Å²) in [7, 11) is 0. The number of amides is 1. The summed E-state index contributed by atoms with van der Waals surface area (Å²) in [5.74, 6) is -0.0354. The number of fused-ring (bicyclic) bond motifs is 1. The van der Waals surface area contributed by atoms with Gasteiger partial charge in [0.2, 0.25) is 5.91 Å². The molecule has 2 atom stereocenters. The van der Waals surface area contributed by atoms with Crippen molar-refractivity contribution in [3.8, 4) is 0 Å². The van der Waals surface area contributed by atoms with Crippen molar-refractivity contribution in [1.29, 1.82) is 0 Å². The largest absolute Gasteiger partial charge is 0.348 e. The molecule has 0 bridgehead atoms. The highest BCUT2D eigenvalue weighted by atomic mass is 32.2. The number of nitrogens with zero attached hydrogens (tertiary/aromatic N) is 2. The Labute approximate surface area is 180 Å². The zero-order valence-electron chi connectivity index (χ0n) is 17.0. The number of carbonyl (C=O) groups excluding carboxylic acids is 1. The SMILES string of the molecule is C[C@H](Sc1n[nH]c(=O)n1CCc1ccccc1)C(=O)N[C@H]1CCCc2ccccc21. The smallest absolute Gasteiger partial charge is 0.343 e. The maximum Gasteiger partial charge on any atom is 0.343 e. The Morgan fingerprint density at radius 2 is 2.00 bits per heavy atom. The van der Waals surface area contributed by atoms with Gasteiger partial charge in [0.1, 0.15) is 0 Å². The maximum absolute atomic E-state index is 12.9. The number of H-pyrrole nitrogens is 1. The van der Waals surface area contributed by atoms with Crippen LogP contribution in [0.15, 0.2) is 64.5 Å². The number of thioether (sulfide) groups is 1. The van der Waals surface area contributed by atoms with E-state index in [0.717, 1.165) is 31.2 Å². The number of nitrogens with one attached hydrogen (secondary N) is 2. The third kappa shape index (κ3) is 4.67. The summed E-state index contributed by atoms with van der Waals surface area (Å²) < 4.78 is 1.61. The van der Waals surface area contributed by atoms with Crippen LogP contribution in [0.3, 0.4) is 0 Å². The summed E-state index contributed by atoms with van der Waals surface area (Å²) >= 11 is 1.31. The molecule has 1 heterocycles. The van der Waals surface area contributed by atoms with E-state index in [-0.39, 0.29) is 22.9 Å². The molecule has 156 valence electrons. The van der Waals surface area contributed by atoms with E-state index >= 15 is 0 Å². The highest BCUT2D eigenvalue weighted by molar-refractivity contribution is 8.00. The van der Waals surface area contributed by atoms with E-state index in [0.29, 0.717) is 11.7 Å². The molecule has 3 aromatic rings. The van der Waals surface area contributed by atoms with Gasteiger partial charge in [-0.15, -0.1) is 5.10 Å². The normalized spacial score (nSPS) is 16.6. The van der Waals surface area contributed by atoms with E-state index < -0.39 is 0 Å². The second-order valence-corrected chi connectivity index (χ2v) is 8.92. The quantitative estimate of drug-likeness (QED) is 0.571. The number of aromatic nitrogens is 3. The van der Waals surface area contributed by atoms with Crippen molar-refractivity contribution in [2.24, 2.45) is 0 Å². The van der Waals surface area contributed by atoms with E-state index in [9.17, 15) is 9.59 Å². The van der Waals surface area contributed by atoms with Gasteiger partial charge in [0.05, 0.1) is 11.3 Å². The first-order valence-corrected chi connectivity index (χ1v) is 11.2. The number of aromatic amines is 1. The fourth-order valence-electron chi connectivity index (χ4n) is 3.88. The van der Waals surface area contributed by atoms with Gasteiger partial charge in [0, 0.05) is 6.54 Å². The Bertz CT molecular complexity index is 1060. The van der Waals surface area contributed by atoms with Crippen molar-refractivity contribution in [2.45, 2.75) is 55.6 Å². The van der Waals surface area contributed by atoms with Crippen LogP contribution in [0.2, 0.25) is 0 Å². The Kier molecular flexibility index (Phi) is 6.38. The minimum atomic E-state index is -0.357. The molecule has 0 saturated carbocycles. The van der Waals surface area contributed by atoms with Gasteiger partial charge in [-0.3, -0.25) is 9.36 Å². The van der Waals surface area contributed by atoms with Crippen LogP contribution in [0.4, 0.5) is 0 Å². The van der Waals surface area contributed by atoms with E-state index in [1.165, 1.54) is 22.9 Å². The van der Waals surface area contributed by atoms with Crippen LogP contribution in [0.25, 0.3) is 0 Å². The molecule has 30 heavy (non-hydrogen) atoms. The molecule has 0 saturated heterocycles. The number of hydrogen-bond acceptors (Lipinski definition) is 4. The summed E-state index contributed by atoms with van der Waals surface area (Å²) in [4.78, 5) is 25.1. The number of aryl methyl sites for hydroxylation is 2. The van der Waals surface area contributed by atoms with E-state index in [4.69, 9.17) is 0 Å². The lowest BCUT2D eigenvalue weighted by Gasteiger charge is -2.27. The van der Waals surface area contributed by atoms with Gasteiger partial charge in [0.25, 0.3) is 0 Å². The molecule has 7 heteroatoms. The molecule has 1 aliphatic carbocycles. The van der Waals surface area contributed by atoms with E-state index in [1.54, 1.807) is 4.57 Å². The summed E-state index contributed by atoms with van der Waals surface area (Å²) in [5.41, 5.74) is 3.44. The van der Waals surface area contributed by atoms with Crippen LogP contribution in [-0.4, -0.2) is 25.9 Å². The van der Waals surface area contributed by atoms with Gasteiger partial charge in [-0.1, -0.05) is 66.4 Å². The van der Waals surface area contributed by atoms with Crippen LogP contribution < -0.4 is 11.0 Å². The Hall–Kier alpha value is -2.80. The van der Waals surface area contributed by atoms with Crippen molar-refractivity contribution >= 4 is 17.7 Å². The van der Waals surface area contributed by atoms with E-state index in [2.05, 4.69) is 27.6 Å². The maximum atomic E-state index is 12.9. The molecule has 0 fully saturated rings. The first kappa shape index (κ1) is 20.5. The van der Waals surface area contributed by atoms with Crippen molar-refractivity contribution in [1.82, 2.24) is 20.1 Å². The van der Waals surface area contributed by atoms with Crippen molar-refractivity contribution in [3.05, 3.63) is 81.8 Å². The lowest BCUT2D eigenvalue weighted by Crippen LogP contribution is -2.36. The van der Waals surface area contributed by atoms with Gasteiger partial charge in [-0.2, -0.15) is 0 Å². The second kappa shape index (κ2) is 9.34. The van der Waals surface area contributed by atoms with Crippen molar-refractivity contribution in [3.63, 3.8) is 0 Å². The molecule has 0 radical (unpaired) electrons. The van der Waals surface area contributed by atoms with Gasteiger partial charge in [-0.25, -0.2) is 9.89 Å². The topological polar surface area (TPSA) is 79.8 Å². The molecule has 6 nitrogen and oxygen atoms in total. The summed E-state index contributed by atoms with van der Waals surface area (Å²) in [6, 6.07) is 18.4. The number of carbonyl (C=O) groups is 1. The fraction of sp³-hybridized carbons (Fsp3) is 0.348. The second-order valence-electron chi connectivity index (χ2n) is 7.61. The molecule has 2 N–H and O–H groups in total. The number of hydrogen-bond donors (Lipinski definition) is 2. The minimum Gasteiger partial charge on any atom is -0.348 e. The predicted octanol–water partition coefficient (Wildman–Crippen LogP) is 3.49. The van der Waals surface area contributed by atoms with Gasteiger partial charge in [-0.05, 0) is 49.3 Å². The monoisotopic (exact) mass is 422 g/mol. The average molecular weight is 423 g/mol. The molecule has 0 aliphatic heterocycles. The van der Waals surface area contributed by atoms with Gasteiger partial charge < -0.3 is 5.32 Å². The molecule has 1 amide bonds. The standard InChI is InChI=1S/C23H26N4O2S/c1-16(21(28)24-20-13-7-11-18-10-5-6-12-19(18)20)30-23-26-25-22(29)27(23)15-14-17-8-3-2-4-9-17/h2-6,8-10,12,16,20H,7,11,13-15H2,1H3,(H,24,28)(H,25,29)/t16-,20-/m0/s1. The Morgan fingerprint density at radius 1 is 1.23 bits per heavy atom. The van der Waals surface area contributed by atoms with Crippen molar-refractivity contribution < 1.29 is 4.79 Å². The molecule has 0 spiro atoms. The molecular weight excluding hydrogens is 396 g/mol. The molecule has 1 aliphatic rings. The lowest BCUT2D eigenvalue weighted by atomic mass is 9.88. The molecule has 2 aromatic carbocycles. The predicted molar refractivity (Wildman–Crippen MR) is 119 cm³/mol. The van der Waals surface area contributed by atoms with Crippen LogP contribution in [0.5, 0.6) is 0 Å².